The van der Waals surface area contributed by atoms with Crippen LogP contribution in [-0.4, -0.2) is 6.04 Å². The molecular formula is C10H24N2. The molecule has 2 atom stereocenters. The highest BCUT2D eigenvalue weighted by Crippen LogP contribution is 2.20. The van der Waals surface area contributed by atoms with E-state index in [1.54, 1.807) is 0 Å². The maximum Gasteiger partial charge on any atom is 0.0264 e. The summed E-state index contributed by atoms with van der Waals surface area (Å²) >= 11 is 0. The van der Waals surface area contributed by atoms with Crippen molar-refractivity contribution in [2.45, 2.75) is 53.0 Å². The fraction of sp³-hybridized carbons (Fsp3) is 1.00. The first kappa shape index (κ1) is 11.9. The molecule has 0 aliphatic carbocycles. The van der Waals surface area contributed by atoms with Gasteiger partial charge in [-0.3, -0.25) is 11.3 Å². The van der Waals surface area contributed by atoms with E-state index in [2.05, 4.69) is 33.1 Å². The Hall–Kier alpha value is -0.0800. The van der Waals surface area contributed by atoms with Gasteiger partial charge < -0.3 is 0 Å². The van der Waals surface area contributed by atoms with Crippen LogP contribution in [0.1, 0.15) is 47.0 Å². The maximum absolute atomic E-state index is 5.55. The van der Waals surface area contributed by atoms with Crippen LogP contribution in [-0.2, 0) is 0 Å². The third kappa shape index (κ3) is 3.11. The highest BCUT2D eigenvalue weighted by molar-refractivity contribution is 4.76. The van der Waals surface area contributed by atoms with E-state index in [-0.39, 0.29) is 0 Å². The van der Waals surface area contributed by atoms with Crippen molar-refractivity contribution in [3.63, 3.8) is 0 Å². The third-order valence-corrected chi connectivity index (χ3v) is 3.01. The van der Waals surface area contributed by atoms with E-state index in [9.17, 15) is 0 Å². The number of nitrogens with two attached hydrogens (primary N) is 1. The maximum atomic E-state index is 5.55. The quantitative estimate of drug-likeness (QED) is 0.476. The molecule has 0 aliphatic rings. The molecule has 0 fully saturated rings. The number of rotatable bonds is 6. The van der Waals surface area contributed by atoms with Crippen LogP contribution >= 0.6 is 0 Å². The second-order valence-corrected chi connectivity index (χ2v) is 3.65. The molecule has 0 aromatic carbocycles. The fourth-order valence-electron chi connectivity index (χ4n) is 1.82. The average molecular weight is 172 g/mol. The molecule has 3 N–H and O–H groups in total. The van der Waals surface area contributed by atoms with E-state index in [1.165, 1.54) is 19.3 Å². The normalized spacial score (nSPS) is 16.5. The Labute approximate surface area is 76.9 Å². The molecule has 2 heteroatoms. The van der Waals surface area contributed by atoms with E-state index in [0.717, 1.165) is 5.92 Å². The molecule has 0 bridgehead atoms. The summed E-state index contributed by atoms with van der Waals surface area (Å²) in [6, 6.07) is 0.491. The Morgan fingerprint density at radius 3 is 1.83 bits per heavy atom. The lowest BCUT2D eigenvalue weighted by Gasteiger charge is -2.29. The van der Waals surface area contributed by atoms with Gasteiger partial charge in [-0.2, -0.15) is 0 Å². The Morgan fingerprint density at radius 1 is 1.08 bits per heavy atom. The van der Waals surface area contributed by atoms with Gasteiger partial charge in [-0.05, 0) is 11.8 Å². The molecule has 0 heterocycles. The summed E-state index contributed by atoms with van der Waals surface area (Å²) in [6.45, 7) is 8.96. The summed E-state index contributed by atoms with van der Waals surface area (Å²) in [4.78, 5) is 0. The second kappa shape index (κ2) is 6.44. The van der Waals surface area contributed by atoms with Gasteiger partial charge in [0, 0.05) is 6.04 Å². The lowest BCUT2D eigenvalue weighted by atomic mass is 9.85. The SMILES string of the molecule is CCC(C)C(NN)C(CC)CC. The molecule has 0 radical (unpaired) electrons. The van der Waals surface area contributed by atoms with E-state index >= 15 is 0 Å². The van der Waals surface area contributed by atoms with Crippen molar-refractivity contribution in [1.29, 1.82) is 0 Å². The molecular weight excluding hydrogens is 148 g/mol. The molecule has 0 saturated heterocycles. The van der Waals surface area contributed by atoms with Crippen molar-refractivity contribution in [2.75, 3.05) is 0 Å². The van der Waals surface area contributed by atoms with Gasteiger partial charge in [0.05, 0.1) is 0 Å². The van der Waals surface area contributed by atoms with Crippen LogP contribution < -0.4 is 11.3 Å². The summed E-state index contributed by atoms with van der Waals surface area (Å²) in [6.07, 6.45) is 3.64. The minimum atomic E-state index is 0.491. The van der Waals surface area contributed by atoms with E-state index in [0.29, 0.717) is 12.0 Å². The number of nitrogens with one attached hydrogen (secondary N) is 1. The zero-order valence-corrected chi connectivity index (χ0v) is 8.93. The van der Waals surface area contributed by atoms with Gasteiger partial charge in [0.25, 0.3) is 0 Å². The first-order valence-electron chi connectivity index (χ1n) is 5.17. The number of hydrogen-bond donors (Lipinski definition) is 2. The van der Waals surface area contributed by atoms with E-state index < -0.39 is 0 Å². The minimum Gasteiger partial charge on any atom is -0.271 e. The van der Waals surface area contributed by atoms with Gasteiger partial charge in [-0.15, -0.1) is 0 Å². The summed E-state index contributed by atoms with van der Waals surface area (Å²) < 4.78 is 0. The first-order valence-corrected chi connectivity index (χ1v) is 5.17. The lowest BCUT2D eigenvalue weighted by Crippen LogP contribution is -2.44. The summed E-state index contributed by atoms with van der Waals surface area (Å²) in [7, 11) is 0. The number of hydrazine groups is 1. The van der Waals surface area contributed by atoms with Gasteiger partial charge in [0.15, 0.2) is 0 Å². The van der Waals surface area contributed by atoms with Crippen LogP contribution in [0.25, 0.3) is 0 Å². The van der Waals surface area contributed by atoms with Crippen molar-refractivity contribution in [1.82, 2.24) is 5.43 Å². The van der Waals surface area contributed by atoms with Crippen molar-refractivity contribution in [3.05, 3.63) is 0 Å². The highest BCUT2D eigenvalue weighted by Gasteiger charge is 2.21. The van der Waals surface area contributed by atoms with Crippen LogP contribution in [0, 0.1) is 11.8 Å². The highest BCUT2D eigenvalue weighted by atomic mass is 15.2. The molecule has 0 amide bonds. The van der Waals surface area contributed by atoms with E-state index in [4.69, 9.17) is 5.84 Å². The predicted octanol–water partition coefficient (Wildman–Crippen LogP) is 2.30. The van der Waals surface area contributed by atoms with Gasteiger partial charge in [0.2, 0.25) is 0 Å². The zero-order valence-electron chi connectivity index (χ0n) is 8.93. The standard InChI is InChI=1S/C10H24N2/c1-5-8(4)10(12-11)9(6-2)7-3/h8-10,12H,5-7,11H2,1-4H3. The Kier molecular flexibility index (Phi) is 6.39. The molecule has 0 aliphatic heterocycles. The van der Waals surface area contributed by atoms with Crippen LogP contribution in [0.4, 0.5) is 0 Å². The lowest BCUT2D eigenvalue weighted by molar-refractivity contribution is 0.253. The molecule has 2 nitrogen and oxygen atoms in total. The monoisotopic (exact) mass is 172 g/mol. The van der Waals surface area contributed by atoms with Gasteiger partial charge in [0.1, 0.15) is 0 Å². The number of hydrogen-bond acceptors (Lipinski definition) is 2. The van der Waals surface area contributed by atoms with Gasteiger partial charge >= 0.3 is 0 Å². The molecule has 0 spiro atoms. The summed E-state index contributed by atoms with van der Waals surface area (Å²) in [5.41, 5.74) is 2.95. The fourth-order valence-corrected chi connectivity index (χ4v) is 1.82. The summed E-state index contributed by atoms with van der Waals surface area (Å²) in [5.74, 6) is 6.96. The van der Waals surface area contributed by atoms with Crippen molar-refractivity contribution in [2.24, 2.45) is 17.7 Å². The molecule has 2 unspecified atom stereocenters. The van der Waals surface area contributed by atoms with Crippen LogP contribution in [0.15, 0.2) is 0 Å². The van der Waals surface area contributed by atoms with Crippen molar-refractivity contribution in [3.8, 4) is 0 Å². The Balaban J connectivity index is 4.09. The first-order chi connectivity index (χ1) is 5.71. The topological polar surface area (TPSA) is 38.0 Å². The molecule has 0 aromatic heterocycles. The smallest absolute Gasteiger partial charge is 0.0264 e. The molecule has 74 valence electrons. The third-order valence-electron chi connectivity index (χ3n) is 3.01. The van der Waals surface area contributed by atoms with Crippen LogP contribution in [0.5, 0.6) is 0 Å². The Bertz CT molecular complexity index is 100. The van der Waals surface area contributed by atoms with Crippen molar-refractivity contribution < 1.29 is 0 Å². The van der Waals surface area contributed by atoms with Crippen LogP contribution in [0.3, 0.4) is 0 Å². The summed E-state index contributed by atoms with van der Waals surface area (Å²) in [5, 5.41) is 0. The van der Waals surface area contributed by atoms with Gasteiger partial charge in [-0.25, -0.2) is 0 Å². The predicted molar refractivity (Wildman–Crippen MR) is 54.6 cm³/mol. The molecule has 0 rings (SSSR count). The van der Waals surface area contributed by atoms with Crippen molar-refractivity contribution >= 4 is 0 Å². The van der Waals surface area contributed by atoms with E-state index in [1.807, 2.05) is 0 Å². The molecule has 0 saturated carbocycles. The second-order valence-electron chi connectivity index (χ2n) is 3.65. The zero-order chi connectivity index (χ0) is 9.56. The molecule has 12 heavy (non-hydrogen) atoms. The molecule has 0 aromatic rings. The largest absolute Gasteiger partial charge is 0.271 e. The van der Waals surface area contributed by atoms with Crippen LogP contribution in [0.2, 0.25) is 0 Å². The average Bonchev–Trinajstić information content (AvgIpc) is 2.12. The Morgan fingerprint density at radius 2 is 1.58 bits per heavy atom. The van der Waals surface area contributed by atoms with Gasteiger partial charge in [-0.1, -0.05) is 47.0 Å². The minimum absolute atomic E-state index is 0.491.